The molecule has 0 fully saturated rings. The Hall–Kier alpha value is -0.610. The van der Waals surface area contributed by atoms with E-state index in [2.05, 4.69) is 10.3 Å². The van der Waals surface area contributed by atoms with Crippen molar-refractivity contribution < 1.29 is 0 Å². The van der Waals surface area contributed by atoms with Crippen LogP contribution >= 0.6 is 11.6 Å². The smallest absolute Gasteiger partial charge is 0.147 e. The fourth-order valence-corrected chi connectivity index (χ4v) is 0.681. The molecule has 0 radical (unpaired) electrons. The van der Waals surface area contributed by atoms with Crippen LogP contribution in [0.3, 0.4) is 0 Å². The third kappa shape index (κ3) is 1.40. The third-order valence-electron chi connectivity index (χ3n) is 0.911. The minimum Gasteiger partial charge on any atom is -0.329 e. The maximum absolute atomic E-state index is 5.60. The summed E-state index contributed by atoms with van der Waals surface area (Å²) in [5.74, 6) is 0. The van der Waals surface area contributed by atoms with Crippen molar-refractivity contribution in [2.24, 2.45) is 5.73 Å². The summed E-state index contributed by atoms with van der Waals surface area (Å²) in [5.41, 5.74) is 5.24. The van der Waals surface area contributed by atoms with Crippen LogP contribution in [0, 0.1) is 0 Å². The van der Waals surface area contributed by atoms with Gasteiger partial charge in [-0.15, -0.1) is 5.10 Å². The van der Waals surface area contributed by atoms with Gasteiger partial charge >= 0.3 is 0 Å². The molecular weight excluding hydrogens is 140 g/mol. The lowest BCUT2D eigenvalue weighted by molar-refractivity contribution is 0.599. The van der Waals surface area contributed by atoms with E-state index in [1.54, 1.807) is 4.68 Å². The average molecular weight is 147 g/mol. The summed E-state index contributed by atoms with van der Waals surface area (Å²) in [7, 11) is 0. The molecule has 0 unspecified atom stereocenters. The molecule has 1 rings (SSSR count). The second kappa shape index (κ2) is 2.80. The van der Waals surface area contributed by atoms with Crippen LogP contribution in [0.5, 0.6) is 0 Å². The molecule has 0 spiro atoms. The van der Waals surface area contributed by atoms with Crippen molar-refractivity contribution >= 4 is 11.6 Å². The van der Waals surface area contributed by atoms with Crippen molar-refractivity contribution in [2.75, 3.05) is 6.54 Å². The monoisotopic (exact) mass is 146 g/mol. The number of hydrogen-bond donors (Lipinski definition) is 1. The number of halogens is 1. The van der Waals surface area contributed by atoms with Gasteiger partial charge in [-0.25, -0.2) is 4.68 Å². The minimum absolute atomic E-state index is 0.528. The molecule has 0 aliphatic heterocycles. The van der Waals surface area contributed by atoms with Gasteiger partial charge in [0.1, 0.15) is 5.15 Å². The van der Waals surface area contributed by atoms with E-state index in [9.17, 15) is 0 Å². The van der Waals surface area contributed by atoms with E-state index in [0.717, 1.165) is 0 Å². The van der Waals surface area contributed by atoms with Crippen LogP contribution in [0.4, 0.5) is 0 Å². The zero-order valence-electron chi connectivity index (χ0n) is 4.79. The van der Waals surface area contributed by atoms with E-state index in [-0.39, 0.29) is 0 Å². The number of rotatable bonds is 2. The Morgan fingerprint density at radius 2 is 2.56 bits per heavy atom. The van der Waals surface area contributed by atoms with Gasteiger partial charge in [-0.1, -0.05) is 16.8 Å². The Kier molecular flexibility index (Phi) is 2.02. The summed E-state index contributed by atoms with van der Waals surface area (Å²) >= 11 is 5.60. The Morgan fingerprint density at radius 1 is 1.78 bits per heavy atom. The second-order valence-electron chi connectivity index (χ2n) is 1.57. The molecule has 9 heavy (non-hydrogen) atoms. The first-order valence-corrected chi connectivity index (χ1v) is 2.96. The molecule has 0 bridgehead atoms. The van der Waals surface area contributed by atoms with Gasteiger partial charge in [0.25, 0.3) is 0 Å². The van der Waals surface area contributed by atoms with Crippen LogP contribution in [0.2, 0.25) is 5.15 Å². The lowest BCUT2D eigenvalue weighted by Crippen LogP contribution is -2.11. The van der Waals surface area contributed by atoms with E-state index >= 15 is 0 Å². The molecule has 0 aliphatic carbocycles. The van der Waals surface area contributed by atoms with E-state index in [4.69, 9.17) is 17.3 Å². The number of nitrogens with zero attached hydrogens (tertiary/aromatic N) is 3. The first-order chi connectivity index (χ1) is 4.34. The molecule has 1 aromatic rings. The van der Waals surface area contributed by atoms with Gasteiger partial charge in [-0.3, -0.25) is 0 Å². The molecule has 0 aliphatic rings. The van der Waals surface area contributed by atoms with E-state index in [0.29, 0.717) is 18.2 Å². The Bertz CT molecular complexity index is 184. The Balaban J connectivity index is 2.69. The minimum atomic E-state index is 0.528. The van der Waals surface area contributed by atoms with Crippen molar-refractivity contribution in [3.63, 3.8) is 0 Å². The molecule has 4 nitrogen and oxygen atoms in total. The molecule has 0 saturated carbocycles. The lowest BCUT2D eigenvalue weighted by atomic mass is 10.6. The fraction of sp³-hybridized carbons (Fsp3) is 0.500. The van der Waals surface area contributed by atoms with Crippen LogP contribution in [0.15, 0.2) is 6.20 Å². The lowest BCUT2D eigenvalue weighted by Gasteiger charge is -1.94. The first kappa shape index (κ1) is 6.51. The van der Waals surface area contributed by atoms with Gasteiger partial charge in [0.2, 0.25) is 0 Å². The quantitative estimate of drug-likeness (QED) is 0.634. The van der Waals surface area contributed by atoms with Crippen LogP contribution in [0.1, 0.15) is 0 Å². The highest BCUT2D eigenvalue weighted by molar-refractivity contribution is 6.29. The van der Waals surface area contributed by atoms with Crippen LogP contribution in [-0.4, -0.2) is 21.5 Å². The molecule has 1 heterocycles. The van der Waals surface area contributed by atoms with E-state index < -0.39 is 0 Å². The summed E-state index contributed by atoms with van der Waals surface area (Å²) < 4.78 is 1.54. The van der Waals surface area contributed by atoms with Crippen molar-refractivity contribution in [1.29, 1.82) is 0 Å². The highest BCUT2D eigenvalue weighted by Gasteiger charge is 1.95. The maximum Gasteiger partial charge on any atom is 0.147 e. The second-order valence-corrected chi connectivity index (χ2v) is 1.96. The van der Waals surface area contributed by atoms with Gasteiger partial charge in [0, 0.05) is 6.54 Å². The topological polar surface area (TPSA) is 56.7 Å². The molecule has 5 heteroatoms. The highest BCUT2D eigenvalue weighted by atomic mass is 35.5. The summed E-state index contributed by atoms with van der Waals surface area (Å²) in [6.07, 6.45) is 1.48. The summed E-state index contributed by atoms with van der Waals surface area (Å²) in [6.45, 7) is 1.15. The van der Waals surface area contributed by atoms with Gasteiger partial charge < -0.3 is 5.73 Å². The predicted molar refractivity (Wildman–Crippen MR) is 34.1 cm³/mol. The van der Waals surface area contributed by atoms with Gasteiger partial charge in [0.05, 0.1) is 12.7 Å². The first-order valence-electron chi connectivity index (χ1n) is 2.58. The molecule has 2 N–H and O–H groups in total. The van der Waals surface area contributed by atoms with Gasteiger partial charge in [-0.2, -0.15) is 0 Å². The van der Waals surface area contributed by atoms with Crippen LogP contribution < -0.4 is 5.73 Å². The normalized spacial score (nSPS) is 10.0. The van der Waals surface area contributed by atoms with E-state index in [1.807, 2.05) is 0 Å². The van der Waals surface area contributed by atoms with Gasteiger partial charge in [0.15, 0.2) is 0 Å². The maximum atomic E-state index is 5.60. The van der Waals surface area contributed by atoms with Crippen LogP contribution in [-0.2, 0) is 6.54 Å². The summed E-state index contributed by atoms with van der Waals surface area (Å²) in [5, 5.41) is 7.75. The summed E-state index contributed by atoms with van der Waals surface area (Å²) in [6, 6.07) is 0. The molecule has 0 amide bonds. The predicted octanol–water partition coefficient (Wildman–Crippen LogP) is -0.110. The number of nitrogens with two attached hydrogens (primary N) is 1. The number of hydrogen-bond acceptors (Lipinski definition) is 3. The molecule has 0 saturated heterocycles. The SMILES string of the molecule is NCCn1nncc1Cl. The fourth-order valence-electron chi connectivity index (χ4n) is 0.519. The standard InChI is InChI=1S/C4H7ClN4/c5-4-3-7-8-9(4)2-1-6/h3H,1-2,6H2. The van der Waals surface area contributed by atoms with Crippen LogP contribution in [0.25, 0.3) is 0 Å². The van der Waals surface area contributed by atoms with Crippen molar-refractivity contribution in [2.45, 2.75) is 6.54 Å². The Labute approximate surface area is 57.6 Å². The van der Waals surface area contributed by atoms with E-state index in [1.165, 1.54) is 6.20 Å². The molecular formula is C4H7ClN4. The molecule has 1 aromatic heterocycles. The zero-order valence-corrected chi connectivity index (χ0v) is 5.54. The molecule has 50 valence electrons. The molecule has 0 aromatic carbocycles. The largest absolute Gasteiger partial charge is 0.329 e. The van der Waals surface area contributed by atoms with Crippen molar-refractivity contribution in [1.82, 2.24) is 15.0 Å². The Morgan fingerprint density at radius 3 is 3.00 bits per heavy atom. The highest BCUT2D eigenvalue weighted by Crippen LogP contribution is 2.01. The average Bonchev–Trinajstić information content (AvgIpc) is 2.18. The zero-order chi connectivity index (χ0) is 6.69. The summed E-state index contributed by atoms with van der Waals surface area (Å²) in [4.78, 5) is 0. The van der Waals surface area contributed by atoms with Gasteiger partial charge in [-0.05, 0) is 0 Å². The number of aromatic nitrogens is 3. The van der Waals surface area contributed by atoms with Crippen molar-refractivity contribution in [3.8, 4) is 0 Å². The molecule has 0 atom stereocenters. The third-order valence-corrected chi connectivity index (χ3v) is 1.20. The van der Waals surface area contributed by atoms with Crippen molar-refractivity contribution in [3.05, 3.63) is 11.3 Å².